The number of phosphoric ester groups is 2. The van der Waals surface area contributed by atoms with Crippen LogP contribution in [0.3, 0.4) is 0 Å². The monoisotopic (exact) mass is 787 g/mol. The summed E-state index contributed by atoms with van der Waals surface area (Å²) < 4.78 is 73.3. The van der Waals surface area contributed by atoms with Crippen molar-refractivity contribution in [2.45, 2.75) is 90.4 Å². The molecule has 4 aliphatic rings. The van der Waals surface area contributed by atoms with E-state index >= 15 is 0 Å². The zero-order valence-electron chi connectivity index (χ0n) is 30.1. The Bertz CT molecular complexity index is 2100. The standard InChI is InChI=1S/C16H20N5O5P.C15H19N6O5P/c1-9(2)25-27(22)23-7-12-14(26-27)16(3,8-17)13(24-12)11-6-19-15-10(18)4-5-20-21(11)15;1-8(2)25-27(22)23-5-10-12(26-27)15(3,6-16)11(24-10)9-4-18-14-13(17)19-7-20-21(9)14/h4-6,9,12-14H,7,18H2,1-3H3;4,7-8,10-12H,5H2,1-3H3,(H2,17,19,20)/t12-,13+,14-,16+,27-;10-,11+,12-,15+,27+/m11/s1. The summed E-state index contributed by atoms with van der Waals surface area (Å²) in [5.74, 6) is 0.208. The van der Waals surface area contributed by atoms with Gasteiger partial charge in [0, 0.05) is 0 Å². The summed E-state index contributed by atoms with van der Waals surface area (Å²) in [6, 6.07) is 6.16. The number of rotatable bonds is 6. The second-order valence-electron chi connectivity index (χ2n) is 14.0. The van der Waals surface area contributed by atoms with Gasteiger partial charge >= 0.3 is 15.6 Å². The number of nitrogens with zero attached hydrogens (tertiary/aromatic N) is 9. The minimum absolute atomic E-state index is 0.00522. The Morgan fingerprint density at radius 1 is 0.815 bits per heavy atom. The van der Waals surface area contributed by atoms with Crippen LogP contribution in [0.25, 0.3) is 11.3 Å². The van der Waals surface area contributed by atoms with Crippen LogP contribution in [0.4, 0.5) is 11.5 Å². The predicted octanol–water partition coefficient (Wildman–Crippen LogP) is 3.85. The zero-order chi connectivity index (χ0) is 38.8. The fraction of sp³-hybridized carbons (Fsp3) is 0.581. The first-order valence-electron chi connectivity index (χ1n) is 16.9. The molecule has 4 aromatic heterocycles. The van der Waals surface area contributed by atoms with Crippen molar-refractivity contribution in [2.75, 3.05) is 24.7 Å². The Balaban J connectivity index is 0.000000167. The highest BCUT2D eigenvalue weighted by Crippen LogP contribution is 2.63. The van der Waals surface area contributed by atoms with Gasteiger partial charge in [0.05, 0.1) is 73.2 Å². The molecule has 23 heteroatoms. The number of nitrogens with two attached hydrogens (primary N) is 2. The van der Waals surface area contributed by atoms with Gasteiger partial charge in [-0.25, -0.2) is 33.1 Å². The molecule has 4 fully saturated rings. The van der Waals surface area contributed by atoms with Gasteiger partial charge in [0.2, 0.25) is 0 Å². The molecule has 0 bridgehead atoms. The highest BCUT2D eigenvalue weighted by atomic mass is 31.2. The van der Waals surface area contributed by atoms with E-state index in [0.29, 0.717) is 28.4 Å². The molecular weight excluding hydrogens is 748 g/mol. The molecule has 0 aromatic carbocycles. The van der Waals surface area contributed by atoms with Crippen molar-refractivity contribution >= 4 is 38.4 Å². The Hall–Kier alpha value is -4.11. The molecule has 0 aliphatic carbocycles. The first-order chi connectivity index (χ1) is 25.5. The number of nitrogen functional groups attached to an aromatic ring is 2. The third-order valence-electron chi connectivity index (χ3n) is 9.36. The highest BCUT2D eigenvalue weighted by molar-refractivity contribution is 7.48. The van der Waals surface area contributed by atoms with Gasteiger partial charge in [0.1, 0.15) is 53.8 Å². The van der Waals surface area contributed by atoms with E-state index in [1.54, 1.807) is 60.0 Å². The van der Waals surface area contributed by atoms with Crippen LogP contribution in [0.15, 0.2) is 31.0 Å². The van der Waals surface area contributed by atoms with Gasteiger partial charge in [-0.3, -0.25) is 27.1 Å². The van der Waals surface area contributed by atoms with E-state index in [9.17, 15) is 19.7 Å². The molecule has 8 rings (SSSR count). The van der Waals surface area contributed by atoms with E-state index in [0.717, 1.165) is 0 Å². The zero-order valence-corrected chi connectivity index (χ0v) is 31.9. The van der Waals surface area contributed by atoms with E-state index in [4.69, 9.17) is 48.1 Å². The van der Waals surface area contributed by atoms with Crippen molar-refractivity contribution in [3.8, 4) is 12.1 Å². The fourth-order valence-electron chi connectivity index (χ4n) is 6.89. The second-order valence-corrected chi connectivity index (χ2v) is 17.2. The maximum atomic E-state index is 12.8. The van der Waals surface area contributed by atoms with Gasteiger partial charge in [-0.2, -0.15) is 20.7 Å². The summed E-state index contributed by atoms with van der Waals surface area (Å²) in [5, 5.41) is 28.3. The van der Waals surface area contributed by atoms with Gasteiger partial charge in [-0.05, 0) is 47.6 Å². The van der Waals surface area contributed by atoms with Gasteiger partial charge in [-0.15, -0.1) is 0 Å². The maximum Gasteiger partial charge on any atom is 0.475 e. The molecule has 288 valence electrons. The average Bonchev–Trinajstić information content (AvgIpc) is 3.87. The van der Waals surface area contributed by atoms with Crippen molar-refractivity contribution in [1.82, 2.24) is 34.2 Å². The summed E-state index contributed by atoms with van der Waals surface area (Å²) >= 11 is 0. The van der Waals surface area contributed by atoms with E-state index in [2.05, 4.69) is 37.3 Å². The SMILES string of the molecule is CC(C)O[P@@]1(=O)OC[C@H]2O[C@@H](c3cnc4c(N)ccnn34)[C@](C)(C#N)[C@@H]2O1.CC(C)O[P@]1(=O)OC[C@H]2O[C@@H](c3cnc4c(N)ncnn34)[C@](C)(C#N)[C@@H]2O1. The molecule has 0 unspecified atom stereocenters. The molecule has 54 heavy (non-hydrogen) atoms. The van der Waals surface area contributed by atoms with Crippen LogP contribution >= 0.6 is 15.6 Å². The number of hydrogen-bond donors (Lipinski definition) is 2. The molecular formula is C31H39N11O10P2. The summed E-state index contributed by atoms with van der Waals surface area (Å²) in [7, 11) is -7.57. The number of anilines is 2. The molecule has 0 amide bonds. The lowest BCUT2D eigenvalue weighted by atomic mass is 9.80. The van der Waals surface area contributed by atoms with E-state index in [1.807, 2.05) is 0 Å². The van der Waals surface area contributed by atoms with Crippen LogP contribution < -0.4 is 11.5 Å². The second kappa shape index (κ2) is 13.9. The van der Waals surface area contributed by atoms with Gasteiger partial charge < -0.3 is 20.9 Å². The van der Waals surface area contributed by atoms with Crippen LogP contribution in [0, 0.1) is 33.5 Å². The number of nitriles is 2. The molecule has 8 heterocycles. The molecule has 21 nitrogen and oxygen atoms in total. The summed E-state index contributed by atoms with van der Waals surface area (Å²) in [6.07, 6.45) is 0.964. The number of ether oxygens (including phenoxy) is 2. The van der Waals surface area contributed by atoms with Crippen LogP contribution in [0.5, 0.6) is 0 Å². The van der Waals surface area contributed by atoms with Crippen LogP contribution in [-0.4, -0.2) is 84.0 Å². The summed E-state index contributed by atoms with van der Waals surface area (Å²) in [4.78, 5) is 12.4. The molecule has 0 saturated carbocycles. The lowest BCUT2D eigenvalue weighted by Gasteiger charge is -2.34. The third kappa shape index (κ3) is 6.44. The van der Waals surface area contributed by atoms with Crippen LogP contribution in [0.1, 0.15) is 65.1 Å². The minimum atomic E-state index is -3.79. The van der Waals surface area contributed by atoms with Crippen LogP contribution in [0.2, 0.25) is 0 Å². The number of hydrogen-bond acceptors (Lipinski definition) is 19. The lowest BCUT2D eigenvalue weighted by molar-refractivity contribution is -0.0643. The molecule has 4 N–H and O–H groups in total. The lowest BCUT2D eigenvalue weighted by Crippen LogP contribution is -2.42. The van der Waals surface area contributed by atoms with Crippen molar-refractivity contribution in [3.05, 3.63) is 42.4 Å². The van der Waals surface area contributed by atoms with E-state index < -0.39 is 63.1 Å². The highest BCUT2D eigenvalue weighted by Gasteiger charge is 2.63. The Morgan fingerprint density at radius 2 is 1.30 bits per heavy atom. The molecule has 0 spiro atoms. The topological polar surface area (TPSA) is 281 Å². The smallest absolute Gasteiger partial charge is 0.396 e. The fourth-order valence-corrected chi connectivity index (χ4v) is 10.2. The number of phosphoric acid groups is 2. The minimum Gasteiger partial charge on any atom is -0.396 e. The summed E-state index contributed by atoms with van der Waals surface area (Å²) in [5.41, 5.74) is 11.8. The van der Waals surface area contributed by atoms with Gasteiger partial charge in [0.25, 0.3) is 0 Å². The normalized spacial score (nSPS) is 36.0. The average molecular weight is 788 g/mol. The number of imidazole rings is 2. The van der Waals surface area contributed by atoms with E-state index in [-0.39, 0.29) is 31.2 Å². The third-order valence-corrected chi connectivity index (χ3v) is 12.6. The number of aromatic nitrogens is 7. The summed E-state index contributed by atoms with van der Waals surface area (Å²) in [6.45, 7) is 10.2. The molecule has 4 aliphatic heterocycles. The Labute approximate surface area is 309 Å². The number of fused-ring (bicyclic) bond motifs is 4. The molecule has 4 saturated heterocycles. The Kier molecular flexibility index (Phi) is 9.81. The van der Waals surface area contributed by atoms with Crippen molar-refractivity contribution in [3.63, 3.8) is 0 Å². The van der Waals surface area contributed by atoms with Crippen molar-refractivity contribution in [2.24, 2.45) is 10.8 Å². The quantitative estimate of drug-likeness (QED) is 0.262. The van der Waals surface area contributed by atoms with Crippen molar-refractivity contribution in [1.29, 1.82) is 10.5 Å². The Morgan fingerprint density at radius 3 is 1.78 bits per heavy atom. The molecule has 10 atom stereocenters. The molecule has 4 aromatic rings. The maximum absolute atomic E-state index is 12.8. The molecule has 0 radical (unpaired) electrons. The van der Waals surface area contributed by atoms with Gasteiger partial charge in [0.15, 0.2) is 17.1 Å². The van der Waals surface area contributed by atoms with E-state index in [1.165, 1.54) is 21.6 Å². The predicted molar refractivity (Wildman–Crippen MR) is 185 cm³/mol. The van der Waals surface area contributed by atoms with Crippen LogP contribution in [-0.2, 0) is 45.7 Å². The van der Waals surface area contributed by atoms with Crippen molar-refractivity contribution < 1.29 is 45.7 Å². The first kappa shape index (κ1) is 38.2. The van der Waals surface area contributed by atoms with Gasteiger partial charge in [-0.1, -0.05) is 0 Å². The first-order valence-corrected chi connectivity index (χ1v) is 19.8. The largest absolute Gasteiger partial charge is 0.475 e.